The van der Waals surface area contributed by atoms with Crippen molar-refractivity contribution in [2.24, 2.45) is 4.99 Å². The fourth-order valence-corrected chi connectivity index (χ4v) is 3.35. The summed E-state index contributed by atoms with van der Waals surface area (Å²) >= 11 is 1.74. The van der Waals surface area contributed by atoms with E-state index in [9.17, 15) is 5.11 Å². The number of aryl methyl sites for hydroxylation is 2. The summed E-state index contributed by atoms with van der Waals surface area (Å²) in [6, 6.07) is 9.93. The highest BCUT2D eigenvalue weighted by molar-refractivity contribution is 7.11. The van der Waals surface area contributed by atoms with Crippen molar-refractivity contribution >= 4 is 17.3 Å². The Morgan fingerprint density at radius 2 is 2.04 bits per heavy atom. The first-order valence-electron chi connectivity index (χ1n) is 9.33. The van der Waals surface area contributed by atoms with E-state index < -0.39 is 6.10 Å². The number of aliphatic hydroxyl groups is 1. The molecular weight excluding hydrogens is 360 g/mol. The Morgan fingerprint density at radius 3 is 2.70 bits per heavy atom. The van der Waals surface area contributed by atoms with E-state index in [2.05, 4.69) is 27.5 Å². The Labute approximate surface area is 165 Å². The fourth-order valence-electron chi connectivity index (χ4n) is 2.41. The van der Waals surface area contributed by atoms with E-state index in [1.165, 1.54) is 4.88 Å². The van der Waals surface area contributed by atoms with Gasteiger partial charge in [0, 0.05) is 24.4 Å². The third kappa shape index (κ3) is 8.07. The number of nitrogens with one attached hydrogen (secondary N) is 2. The summed E-state index contributed by atoms with van der Waals surface area (Å²) in [6.07, 6.45) is 0.223. The fraction of sp³-hybridized carbons (Fsp3) is 0.500. The summed E-state index contributed by atoms with van der Waals surface area (Å²) in [7, 11) is 0. The Hall–Kier alpha value is -1.96. The van der Waals surface area contributed by atoms with Gasteiger partial charge in [-0.15, -0.1) is 11.3 Å². The zero-order chi connectivity index (χ0) is 19.5. The van der Waals surface area contributed by atoms with Gasteiger partial charge in [0.2, 0.25) is 0 Å². The van der Waals surface area contributed by atoms with Gasteiger partial charge in [-0.25, -0.2) is 4.98 Å². The van der Waals surface area contributed by atoms with Crippen LogP contribution in [0.1, 0.15) is 28.1 Å². The van der Waals surface area contributed by atoms with Crippen LogP contribution in [0.5, 0.6) is 0 Å². The molecule has 0 aliphatic heterocycles. The van der Waals surface area contributed by atoms with Crippen molar-refractivity contribution in [3.8, 4) is 0 Å². The number of benzene rings is 1. The lowest BCUT2D eigenvalue weighted by Gasteiger charge is -2.13. The van der Waals surface area contributed by atoms with E-state index in [-0.39, 0.29) is 6.61 Å². The molecule has 1 heterocycles. The number of aliphatic imine (C=N–C) groups is 1. The second-order valence-electron chi connectivity index (χ2n) is 6.30. The highest BCUT2D eigenvalue weighted by Crippen LogP contribution is 2.16. The van der Waals surface area contributed by atoms with Crippen LogP contribution < -0.4 is 10.6 Å². The number of aliphatic hydroxyl groups excluding tert-OH is 1. The molecule has 1 aromatic heterocycles. The van der Waals surface area contributed by atoms with E-state index in [1.807, 2.05) is 44.2 Å². The number of nitrogens with zero attached hydrogens (tertiary/aromatic N) is 2. The summed E-state index contributed by atoms with van der Waals surface area (Å²) in [5.74, 6) is 0.699. The minimum absolute atomic E-state index is 0.259. The molecule has 2 rings (SSSR count). The van der Waals surface area contributed by atoms with Gasteiger partial charge in [-0.05, 0) is 26.3 Å². The third-order valence-corrected chi connectivity index (χ3v) is 5.06. The van der Waals surface area contributed by atoms with Crippen LogP contribution in [0.15, 0.2) is 35.3 Å². The number of aromatic nitrogens is 1. The molecule has 0 amide bonds. The Kier molecular flexibility index (Phi) is 9.24. The zero-order valence-corrected chi connectivity index (χ0v) is 17.2. The molecule has 0 fully saturated rings. The van der Waals surface area contributed by atoms with Gasteiger partial charge in [0.05, 0.1) is 36.6 Å². The maximum Gasteiger partial charge on any atom is 0.191 e. The van der Waals surface area contributed by atoms with E-state index in [4.69, 9.17) is 4.74 Å². The lowest BCUT2D eigenvalue weighted by molar-refractivity contribution is 0.0331. The van der Waals surface area contributed by atoms with Crippen LogP contribution in [0, 0.1) is 13.8 Å². The molecule has 0 spiro atoms. The molecule has 3 N–H and O–H groups in total. The molecule has 148 valence electrons. The van der Waals surface area contributed by atoms with Crippen LogP contribution in [0.3, 0.4) is 0 Å². The standard InChI is InChI=1S/C20H30N4O2S/c1-4-21-20(22-11-10-19-24-15(2)16(3)27-19)23-12-18(25)14-26-13-17-8-6-5-7-9-17/h5-9,18,25H,4,10-14H2,1-3H3,(H2,21,22,23). The number of hydrogen-bond acceptors (Lipinski definition) is 5. The summed E-state index contributed by atoms with van der Waals surface area (Å²) in [5, 5.41) is 17.7. The number of ether oxygens (including phenoxy) is 1. The maximum absolute atomic E-state index is 10.1. The highest BCUT2D eigenvalue weighted by Gasteiger charge is 2.06. The summed E-state index contributed by atoms with van der Waals surface area (Å²) in [4.78, 5) is 10.3. The van der Waals surface area contributed by atoms with Crippen molar-refractivity contribution in [3.05, 3.63) is 51.5 Å². The lowest BCUT2D eigenvalue weighted by Crippen LogP contribution is -2.39. The van der Waals surface area contributed by atoms with Crippen LogP contribution in [0.4, 0.5) is 0 Å². The van der Waals surface area contributed by atoms with Crippen LogP contribution in [0.25, 0.3) is 0 Å². The molecular formula is C20H30N4O2S. The number of hydrogen-bond donors (Lipinski definition) is 3. The average molecular weight is 391 g/mol. The van der Waals surface area contributed by atoms with Crippen molar-refractivity contribution in [2.75, 3.05) is 26.2 Å². The molecule has 0 saturated carbocycles. The van der Waals surface area contributed by atoms with Gasteiger partial charge < -0.3 is 20.5 Å². The predicted octanol–water partition coefficient (Wildman–Crippen LogP) is 2.44. The van der Waals surface area contributed by atoms with E-state index in [1.54, 1.807) is 11.3 Å². The molecule has 0 aliphatic rings. The molecule has 1 atom stereocenters. The predicted molar refractivity (Wildman–Crippen MR) is 111 cm³/mol. The third-order valence-electron chi connectivity index (χ3n) is 3.93. The van der Waals surface area contributed by atoms with Gasteiger partial charge in [-0.1, -0.05) is 30.3 Å². The van der Waals surface area contributed by atoms with Gasteiger partial charge in [0.25, 0.3) is 0 Å². The van der Waals surface area contributed by atoms with Gasteiger partial charge in [-0.3, -0.25) is 4.99 Å². The highest BCUT2D eigenvalue weighted by atomic mass is 32.1. The van der Waals surface area contributed by atoms with E-state index in [0.29, 0.717) is 19.1 Å². The monoisotopic (exact) mass is 390 g/mol. The van der Waals surface area contributed by atoms with E-state index >= 15 is 0 Å². The van der Waals surface area contributed by atoms with Gasteiger partial charge in [-0.2, -0.15) is 0 Å². The summed E-state index contributed by atoms with van der Waals surface area (Å²) < 4.78 is 5.56. The summed E-state index contributed by atoms with van der Waals surface area (Å²) in [5.41, 5.74) is 2.20. The minimum atomic E-state index is -0.631. The molecule has 1 aromatic carbocycles. The molecule has 2 aromatic rings. The zero-order valence-electron chi connectivity index (χ0n) is 16.4. The van der Waals surface area contributed by atoms with Crippen LogP contribution in [0.2, 0.25) is 0 Å². The van der Waals surface area contributed by atoms with Crippen molar-refractivity contribution in [1.82, 2.24) is 15.6 Å². The van der Waals surface area contributed by atoms with Crippen molar-refractivity contribution < 1.29 is 9.84 Å². The molecule has 0 aliphatic carbocycles. The van der Waals surface area contributed by atoms with Gasteiger partial charge in [0.15, 0.2) is 5.96 Å². The van der Waals surface area contributed by atoms with Crippen molar-refractivity contribution in [2.45, 2.75) is 39.9 Å². The second kappa shape index (κ2) is 11.7. The van der Waals surface area contributed by atoms with Gasteiger partial charge in [0.1, 0.15) is 0 Å². The number of rotatable bonds is 10. The van der Waals surface area contributed by atoms with Gasteiger partial charge >= 0.3 is 0 Å². The topological polar surface area (TPSA) is 78.8 Å². The normalized spacial score (nSPS) is 12.8. The Balaban J connectivity index is 1.71. The first-order chi connectivity index (χ1) is 13.1. The van der Waals surface area contributed by atoms with Crippen molar-refractivity contribution in [1.29, 1.82) is 0 Å². The largest absolute Gasteiger partial charge is 0.389 e. The molecule has 6 nitrogen and oxygen atoms in total. The first kappa shape index (κ1) is 21.3. The summed E-state index contributed by atoms with van der Waals surface area (Å²) in [6.45, 7) is 8.71. The SMILES string of the molecule is CCNC(=NCC(O)COCc1ccccc1)NCCc1nc(C)c(C)s1. The van der Waals surface area contributed by atoms with Crippen LogP contribution in [-0.2, 0) is 17.8 Å². The minimum Gasteiger partial charge on any atom is -0.389 e. The molecule has 27 heavy (non-hydrogen) atoms. The van der Waals surface area contributed by atoms with Crippen LogP contribution in [-0.4, -0.2) is 48.4 Å². The smallest absolute Gasteiger partial charge is 0.191 e. The van der Waals surface area contributed by atoms with Crippen LogP contribution >= 0.6 is 11.3 Å². The molecule has 1 unspecified atom stereocenters. The average Bonchev–Trinajstić information content (AvgIpc) is 2.98. The quantitative estimate of drug-likeness (QED) is 0.429. The Bertz CT molecular complexity index is 684. The Morgan fingerprint density at radius 1 is 1.26 bits per heavy atom. The van der Waals surface area contributed by atoms with E-state index in [0.717, 1.165) is 35.8 Å². The molecule has 7 heteroatoms. The number of thiazole rings is 1. The molecule has 0 bridgehead atoms. The second-order valence-corrected chi connectivity index (χ2v) is 7.59. The molecule has 0 radical (unpaired) electrons. The lowest BCUT2D eigenvalue weighted by atomic mass is 10.2. The maximum atomic E-state index is 10.1. The molecule has 0 saturated heterocycles. The first-order valence-corrected chi connectivity index (χ1v) is 10.1. The number of guanidine groups is 1. The van der Waals surface area contributed by atoms with Crippen molar-refractivity contribution in [3.63, 3.8) is 0 Å².